The van der Waals surface area contributed by atoms with Crippen molar-refractivity contribution in [2.45, 2.75) is 0 Å². The van der Waals surface area contributed by atoms with Crippen LogP contribution < -0.4 is 5.32 Å². The van der Waals surface area contributed by atoms with Crippen LogP contribution in [0.1, 0.15) is 0 Å². The first-order valence-electron chi connectivity index (χ1n) is 4.89. The fourth-order valence-corrected chi connectivity index (χ4v) is 1.65. The Balaban J connectivity index is 2.24. The van der Waals surface area contributed by atoms with Crippen molar-refractivity contribution < 1.29 is 4.92 Å². The Morgan fingerprint density at radius 3 is 2.61 bits per heavy atom. The number of halogens is 2. The normalized spacial score (nSPS) is 10.1. The summed E-state index contributed by atoms with van der Waals surface area (Å²) >= 11 is 11.9. The van der Waals surface area contributed by atoms with E-state index >= 15 is 0 Å². The summed E-state index contributed by atoms with van der Waals surface area (Å²) < 4.78 is 0. The molecule has 1 aromatic carbocycles. The van der Waals surface area contributed by atoms with Crippen LogP contribution in [0.3, 0.4) is 0 Å². The van der Waals surface area contributed by atoms with Gasteiger partial charge in [-0.05, 0) is 18.2 Å². The number of nitrogens with zero attached hydrogens (tertiary/aromatic N) is 2. The summed E-state index contributed by atoms with van der Waals surface area (Å²) in [5.41, 5.74) is 0.517. The highest BCUT2D eigenvalue weighted by Gasteiger charge is 2.07. The maximum absolute atomic E-state index is 10.5. The van der Waals surface area contributed by atoms with E-state index in [4.69, 9.17) is 23.2 Å². The molecule has 0 aliphatic rings. The Morgan fingerprint density at radius 2 is 2.00 bits per heavy atom. The Labute approximate surface area is 113 Å². The van der Waals surface area contributed by atoms with Gasteiger partial charge in [0.05, 0.1) is 20.7 Å². The first kappa shape index (κ1) is 12.6. The monoisotopic (exact) mass is 283 g/mol. The highest BCUT2D eigenvalue weighted by molar-refractivity contribution is 6.43. The summed E-state index contributed by atoms with van der Waals surface area (Å²) in [5, 5.41) is 14.2. The van der Waals surface area contributed by atoms with Gasteiger partial charge in [-0.2, -0.15) is 0 Å². The number of aromatic nitrogens is 1. The molecule has 0 amide bonds. The lowest BCUT2D eigenvalue weighted by Gasteiger charge is -2.07. The third kappa shape index (κ3) is 2.69. The van der Waals surface area contributed by atoms with Crippen molar-refractivity contribution in [2.75, 3.05) is 5.32 Å². The molecule has 0 saturated carbocycles. The van der Waals surface area contributed by atoms with Gasteiger partial charge in [0.2, 0.25) is 0 Å². The van der Waals surface area contributed by atoms with Crippen molar-refractivity contribution >= 4 is 40.4 Å². The largest absolute Gasteiger partial charge is 0.339 e. The molecule has 0 saturated heterocycles. The molecule has 0 fully saturated rings. The molecule has 1 aromatic heterocycles. The summed E-state index contributed by atoms with van der Waals surface area (Å²) in [5.74, 6) is 0.449. The lowest BCUT2D eigenvalue weighted by molar-refractivity contribution is -0.385. The predicted molar refractivity (Wildman–Crippen MR) is 70.6 cm³/mol. The number of hydrogen-bond acceptors (Lipinski definition) is 4. The molecule has 7 heteroatoms. The van der Waals surface area contributed by atoms with E-state index in [0.717, 1.165) is 0 Å². The first-order chi connectivity index (χ1) is 8.58. The van der Waals surface area contributed by atoms with Gasteiger partial charge in [0.1, 0.15) is 12.0 Å². The van der Waals surface area contributed by atoms with Crippen LogP contribution in [0, 0.1) is 10.1 Å². The average Bonchev–Trinajstić information content (AvgIpc) is 2.36. The molecule has 0 spiro atoms. The van der Waals surface area contributed by atoms with Crippen molar-refractivity contribution in [2.24, 2.45) is 0 Å². The number of nitrogens with one attached hydrogen (secondary N) is 1. The number of anilines is 2. The third-order valence-electron chi connectivity index (χ3n) is 2.17. The Morgan fingerprint density at radius 1 is 1.22 bits per heavy atom. The zero-order valence-electron chi connectivity index (χ0n) is 8.93. The summed E-state index contributed by atoms with van der Waals surface area (Å²) in [4.78, 5) is 13.9. The summed E-state index contributed by atoms with van der Waals surface area (Å²) in [6, 6.07) is 7.99. The molecular formula is C11H7Cl2N3O2. The minimum Gasteiger partial charge on any atom is -0.339 e. The topological polar surface area (TPSA) is 68.1 Å². The second-order valence-electron chi connectivity index (χ2n) is 3.39. The quantitative estimate of drug-likeness (QED) is 0.682. The highest BCUT2D eigenvalue weighted by Crippen LogP contribution is 2.31. The van der Waals surface area contributed by atoms with E-state index in [1.54, 1.807) is 18.2 Å². The molecule has 0 atom stereocenters. The fraction of sp³-hybridized carbons (Fsp3) is 0. The van der Waals surface area contributed by atoms with Gasteiger partial charge in [-0.25, -0.2) is 4.98 Å². The molecule has 1 N–H and O–H groups in total. The SMILES string of the molecule is O=[N+]([O-])c1ccc(Nc2cccc(Cl)c2Cl)nc1. The Bertz CT molecular complexity index is 587. The minimum absolute atomic E-state index is 0.0715. The van der Waals surface area contributed by atoms with E-state index < -0.39 is 4.92 Å². The van der Waals surface area contributed by atoms with Crippen molar-refractivity contribution in [1.82, 2.24) is 4.98 Å². The number of rotatable bonds is 3. The molecule has 1 heterocycles. The molecule has 92 valence electrons. The van der Waals surface area contributed by atoms with Crippen LogP contribution in [0.25, 0.3) is 0 Å². The van der Waals surface area contributed by atoms with Gasteiger partial charge in [0.25, 0.3) is 5.69 Å². The van der Waals surface area contributed by atoms with E-state index in [-0.39, 0.29) is 5.69 Å². The van der Waals surface area contributed by atoms with Crippen LogP contribution >= 0.6 is 23.2 Å². The maximum atomic E-state index is 10.5. The lowest BCUT2D eigenvalue weighted by Crippen LogP contribution is -1.95. The average molecular weight is 284 g/mol. The molecule has 0 radical (unpaired) electrons. The van der Waals surface area contributed by atoms with Gasteiger partial charge in [-0.3, -0.25) is 10.1 Å². The molecule has 0 unspecified atom stereocenters. The summed E-state index contributed by atoms with van der Waals surface area (Å²) in [6.07, 6.45) is 1.17. The number of nitro groups is 1. The minimum atomic E-state index is -0.511. The molecule has 2 aromatic rings. The van der Waals surface area contributed by atoms with Crippen molar-refractivity contribution in [1.29, 1.82) is 0 Å². The molecule has 5 nitrogen and oxygen atoms in total. The Kier molecular flexibility index (Phi) is 3.64. The van der Waals surface area contributed by atoms with Crippen LogP contribution in [-0.2, 0) is 0 Å². The second kappa shape index (κ2) is 5.20. The van der Waals surface area contributed by atoms with E-state index in [1.807, 2.05) is 0 Å². The summed E-state index contributed by atoms with van der Waals surface area (Å²) in [7, 11) is 0. The van der Waals surface area contributed by atoms with E-state index in [0.29, 0.717) is 21.6 Å². The smallest absolute Gasteiger partial charge is 0.287 e. The fourth-order valence-electron chi connectivity index (χ4n) is 1.31. The van der Waals surface area contributed by atoms with Gasteiger partial charge in [0.15, 0.2) is 0 Å². The second-order valence-corrected chi connectivity index (χ2v) is 4.17. The van der Waals surface area contributed by atoms with E-state index in [2.05, 4.69) is 10.3 Å². The highest BCUT2D eigenvalue weighted by atomic mass is 35.5. The first-order valence-corrected chi connectivity index (χ1v) is 5.65. The van der Waals surface area contributed by atoms with Crippen molar-refractivity contribution in [3.63, 3.8) is 0 Å². The zero-order chi connectivity index (χ0) is 13.1. The van der Waals surface area contributed by atoms with E-state index in [1.165, 1.54) is 18.3 Å². The number of benzene rings is 1. The molecule has 18 heavy (non-hydrogen) atoms. The van der Waals surface area contributed by atoms with Crippen molar-refractivity contribution in [3.8, 4) is 0 Å². The van der Waals surface area contributed by atoms with Crippen molar-refractivity contribution in [3.05, 3.63) is 56.7 Å². The predicted octanol–water partition coefficient (Wildman–Crippen LogP) is 4.04. The number of pyridine rings is 1. The molecule has 0 bridgehead atoms. The van der Waals surface area contributed by atoms with Crippen LogP contribution in [0.15, 0.2) is 36.5 Å². The lowest BCUT2D eigenvalue weighted by atomic mass is 10.3. The van der Waals surface area contributed by atoms with Crippen LogP contribution in [0.2, 0.25) is 10.0 Å². The summed E-state index contributed by atoms with van der Waals surface area (Å²) in [6.45, 7) is 0. The third-order valence-corrected chi connectivity index (χ3v) is 2.99. The van der Waals surface area contributed by atoms with E-state index in [9.17, 15) is 10.1 Å². The molecule has 0 aliphatic carbocycles. The van der Waals surface area contributed by atoms with Gasteiger partial charge >= 0.3 is 0 Å². The standard InChI is InChI=1S/C11H7Cl2N3O2/c12-8-2-1-3-9(11(8)13)15-10-5-4-7(6-14-10)16(17)18/h1-6H,(H,14,15). The van der Waals surface area contributed by atoms with Crippen LogP contribution in [0.5, 0.6) is 0 Å². The van der Waals surface area contributed by atoms with Gasteiger partial charge in [-0.15, -0.1) is 0 Å². The zero-order valence-corrected chi connectivity index (χ0v) is 10.4. The molecule has 0 aliphatic heterocycles. The van der Waals surface area contributed by atoms with Crippen LogP contribution in [0.4, 0.5) is 17.2 Å². The van der Waals surface area contributed by atoms with Gasteiger partial charge in [0, 0.05) is 6.07 Å². The molecular weight excluding hydrogens is 277 g/mol. The number of hydrogen-bond donors (Lipinski definition) is 1. The van der Waals surface area contributed by atoms with Crippen LogP contribution in [-0.4, -0.2) is 9.91 Å². The maximum Gasteiger partial charge on any atom is 0.287 e. The van der Waals surface area contributed by atoms with Gasteiger partial charge < -0.3 is 5.32 Å². The van der Waals surface area contributed by atoms with Gasteiger partial charge in [-0.1, -0.05) is 29.3 Å². The Hall–Kier alpha value is -1.85. The molecule has 2 rings (SSSR count).